The summed E-state index contributed by atoms with van der Waals surface area (Å²) in [5, 5.41) is 9.49. The average molecular weight is 388 g/mol. The lowest BCUT2D eigenvalue weighted by molar-refractivity contribution is 0.0694. The minimum Gasteiger partial charge on any atom is -0.477 e. The zero-order chi connectivity index (χ0) is 20.3. The van der Waals surface area contributed by atoms with Gasteiger partial charge < -0.3 is 10.8 Å². The van der Waals surface area contributed by atoms with Gasteiger partial charge in [0.1, 0.15) is 5.56 Å². The second kappa shape index (κ2) is 6.56. The zero-order valence-electron chi connectivity index (χ0n) is 16.4. The van der Waals surface area contributed by atoms with Crippen molar-refractivity contribution in [3.63, 3.8) is 0 Å². The van der Waals surface area contributed by atoms with E-state index in [-0.39, 0.29) is 11.6 Å². The third kappa shape index (κ3) is 2.80. The maximum Gasteiger partial charge on any atom is 0.341 e. The first-order valence-electron chi connectivity index (χ1n) is 10.3. The molecule has 1 atom stereocenters. The molecule has 3 aromatic rings. The number of aromatic nitrogens is 1. The summed E-state index contributed by atoms with van der Waals surface area (Å²) in [6.45, 7) is 2.04. The van der Waals surface area contributed by atoms with Gasteiger partial charge in [0, 0.05) is 12.2 Å². The van der Waals surface area contributed by atoms with Gasteiger partial charge in [-0.1, -0.05) is 18.2 Å². The summed E-state index contributed by atoms with van der Waals surface area (Å²) < 4.78 is 1.52. The minimum atomic E-state index is -1.17. The average Bonchev–Trinajstić information content (AvgIpc) is 3.54. The molecule has 5 heteroatoms. The molecule has 1 fully saturated rings. The number of carbonyl (C=O) groups is 1. The van der Waals surface area contributed by atoms with E-state index in [1.165, 1.54) is 21.1 Å². The van der Waals surface area contributed by atoms with Gasteiger partial charge >= 0.3 is 5.97 Å². The Kier molecular flexibility index (Phi) is 4.10. The molecule has 3 N–H and O–H groups in total. The van der Waals surface area contributed by atoms with Gasteiger partial charge in [0.15, 0.2) is 0 Å². The summed E-state index contributed by atoms with van der Waals surface area (Å²) in [4.78, 5) is 24.4. The number of fused-ring (bicyclic) bond motifs is 2. The maximum absolute atomic E-state index is 12.8. The lowest BCUT2D eigenvalue weighted by atomic mass is 9.82. The number of benzene rings is 1. The Bertz CT molecular complexity index is 1220. The van der Waals surface area contributed by atoms with Gasteiger partial charge in [-0.3, -0.25) is 9.20 Å². The fraction of sp³-hybridized carbons (Fsp3) is 0.333. The Hall–Kier alpha value is -2.92. The number of rotatable bonds is 3. The number of aromatic carboxylic acids is 1. The number of aryl methyl sites for hydroxylation is 1. The van der Waals surface area contributed by atoms with Crippen LogP contribution in [0, 0.1) is 6.92 Å². The zero-order valence-corrected chi connectivity index (χ0v) is 16.4. The third-order valence-electron chi connectivity index (χ3n) is 6.50. The molecule has 5 nitrogen and oxygen atoms in total. The van der Waals surface area contributed by atoms with Crippen LogP contribution in [0.2, 0.25) is 0 Å². The van der Waals surface area contributed by atoms with Crippen LogP contribution < -0.4 is 11.3 Å². The molecule has 29 heavy (non-hydrogen) atoms. The van der Waals surface area contributed by atoms with Crippen molar-refractivity contribution in [1.82, 2.24) is 4.40 Å². The number of nitrogens with two attached hydrogens (primary N) is 1. The topological polar surface area (TPSA) is 84.8 Å². The van der Waals surface area contributed by atoms with Gasteiger partial charge in [-0.15, -0.1) is 0 Å². The number of carboxylic acid groups (broad SMARTS) is 1. The van der Waals surface area contributed by atoms with Crippen LogP contribution >= 0.6 is 0 Å². The van der Waals surface area contributed by atoms with Crippen LogP contribution in [-0.4, -0.2) is 15.5 Å². The molecule has 2 heterocycles. The first-order valence-corrected chi connectivity index (χ1v) is 10.3. The normalized spacial score (nSPS) is 18.6. The Morgan fingerprint density at radius 3 is 2.66 bits per heavy atom. The van der Waals surface area contributed by atoms with Gasteiger partial charge in [0.25, 0.3) is 5.56 Å². The van der Waals surface area contributed by atoms with Crippen LogP contribution in [0.15, 0.2) is 41.3 Å². The Balaban J connectivity index is 1.81. The second-order valence-corrected chi connectivity index (χ2v) is 8.34. The van der Waals surface area contributed by atoms with E-state index in [0.717, 1.165) is 54.3 Å². The Labute approximate surface area is 168 Å². The summed E-state index contributed by atoms with van der Waals surface area (Å²) in [7, 11) is 0. The molecular weight excluding hydrogens is 364 g/mol. The first-order chi connectivity index (χ1) is 14.0. The molecule has 0 bridgehead atoms. The molecule has 1 saturated carbocycles. The molecule has 0 amide bonds. The van der Waals surface area contributed by atoms with Gasteiger partial charge in [-0.25, -0.2) is 4.79 Å². The molecule has 0 spiro atoms. The molecule has 0 radical (unpaired) electrons. The fourth-order valence-corrected chi connectivity index (χ4v) is 4.89. The summed E-state index contributed by atoms with van der Waals surface area (Å²) in [6.07, 6.45) is 6.89. The fourth-order valence-electron chi connectivity index (χ4n) is 4.89. The summed E-state index contributed by atoms with van der Waals surface area (Å²) in [6, 6.07) is 9.94. The summed E-state index contributed by atoms with van der Waals surface area (Å²) >= 11 is 0. The SMILES string of the molecule is Cc1c(-c2cccc3c2CCCC3N)ccn2c(=O)c(C(=O)O)cc(C3CC3)c12. The molecule has 2 aliphatic carbocycles. The van der Waals surface area contributed by atoms with Crippen LogP contribution in [0.5, 0.6) is 0 Å². The van der Waals surface area contributed by atoms with E-state index in [0.29, 0.717) is 5.92 Å². The minimum absolute atomic E-state index is 0.0715. The molecule has 1 unspecified atom stereocenters. The second-order valence-electron chi connectivity index (χ2n) is 8.34. The van der Waals surface area contributed by atoms with Crippen LogP contribution in [0.25, 0.3) is 16.6 Å². The van der Waals surface area contributed by atoms with Crippen LogP contribution in [0.4, 0.5) is 0 Å². The predicted molar refractivity (Wildman–Crippen MR) is 113 cm³/mol. The molecule has 2 aliphatic rings. The summed E-state index contributed by atoms with van der Waals surface area (Å²) in [5.41, 5.74) is 13.4. The number of carboxylic acids is 1. The molecule has 5 rings (SSSR count). The van der Waals surface area contributed by atoms with Crippen molar-refractivity contribution in [3.05, 3.63) is 74.7 Å². The quantitative estimate of drug-likeness (QED) is 0.705. The van der Waals surface area contributed by atoms with Gasteiger partial charge in [0.2, 0.25) is 0 Å². The van der Waals surface area contributed by atoms with Crippen molar-refractivity contribution in [3.8, 4) is 11.1 Å². The van der Waals surface area contributed by atoms with Crippen molar-refractivity contribution in [2.24, 2.45) is 5.73 Å². The van der Waals surface area contributed by atoms with Crippen molar-refractivity contribution in [1.29, 1.82) is 0 Å². The maximum atomic E-state index is 12.8. The van der Waals surface area contributed by atoms with Gasteiger partial charge in [-0.05, 0) is 90.5 Å². The first kappa shape index (κ1) is 18.1. The van der Waals surface area contributed by atoms with E-state index in [4.69, 9.17) is 5.73 Å². The van der Waals surface area contributed by atoms with E-state index in [2.05, 4.69) is 18.2 Å². The molecule has 0 aliphatic heterocycles. The highest BCUT2D eigenvalue weighted by atomic mass is 16.4. The summed E-state index contributed by atoms with van der Waals surface area (Å²) in [5.74, 6) is -0.838. The molecule has 2 aromatic heterocycles. The van der Waals surface area contributed by atoms with Crippen LogP contribution in [0.3, 0.4) is 0 Å². The lowest BCUT2D eigenvalue weighted by Gasteiger charge is -2.25. The van der Waals surface area contributed by atoms with Gasteiger partial charge in [0.05, 0.1) is 5.52 Å². The highest BCUT2D eigenvalue weighted by Crippen LogP contribution is 2.44. The van der Waals surface area contributed by atoms with Crippen molar-refractivity contribution in [2.75, 3.05) is 0 Å². The highest BCUT2D eigenvalue weighted by Gasteiger charge is 2.30. The van der Waals surface area contributed by atoms with Crippen molar-refractivity contribution in [2.45, 2.75) is 51.0 Å². The van der Waals surface area contributed by atoms with Crippen molar-refractivity contribution < 1.29 is 9.90 Å². The monoisotopic (exact) mass is 388 g/mol. The predicted octanol–water partition coefficient (Wildman–Crippen LogP) is 4.19. The molecular formula is C24H24N2O3. The number of pyridine rings is 2. The Morgan fingerprint density at radius 1 is 1.14 bits per heavy atom. The standard InChI is InChI=1S/C24H24N2O3/c1-13-15(16-4-2-6-18-17(16)5-3-7-21(18)25)10-11-26-22(13)19(14-8-9-14)12-20(23(26)27)24(28)29/h2,4,6,10-12,14,21H,3,5,7-9,25H2,1H3,(H,28,29). The Morgan fingerprint density at radius 2 is 1.93 bits per heavy atom. The molecule has 148 valence electrons. The molecule has 1 aromatic carbocycles. The third-order valence-corrected chi connectivity index (χ3v) is 6.50. The van der Waals surface area contributed by atoms with E-state index < -0.39 is 11.5 Å². The van der Waals surface area contributed by atoms with Crippen LogP contribution in [0.1, 0.15) is 70.3 Å². The number of hydrogen-bond acceptors (Lipinski definition) is 3. The largest absolute Gasteiger partial charge is 0.477 e. The van der Waals surface area contributed by atoms with Crippen LogP contribution in [-0.2, 0) is 6.42 Å². The number of nitrogens with zero attached hydrogens (tertiary/aromatic N) is 1. The van der Waals surface area contributed by atoms with Gasteiger partial charge in [-0.2, -0.15) is 0 Å². The van der Waals surface area contributed by atoms with E-state index in [1.54, 1.807) is 12.3 Å². The van der Waals surface area contributed by atoms with Crippen molar-refractivity contribution >= 4 is 11.5 Å². The highest BCUT2D eigenvalue weighted by molar-refractivity contribution is 5.89. The van der Waals surface area contributed by atoms with E-state index in [9.17, 15) is 14.7 Å². The number of hydrogen-bond donors (Lipinski definition) is 2. The smallest absolute Gasteiger partial charge is 0.341 e. The molecule has 0 saturated heterocycles. The lowest BCUT2D eigenvalue weighted by Crippen LogP contribution is -2.23. The van der Waals surface area contributed by atoms with E-state index in [1.807, 2.05) is 13.0 Å². The van der Waals surface area contributed by atoms with E-state index >= 15 is 0 Å².